The number of ether oxygens (including phenoxy) is 2. The van der Waals surface area contributed by atoms with Crippen LogP contribution in [-0.2, 0) is 4.74 Å². The number of aliphatic imine (C=N–C) groups is 1. The van der Waals surface area contributed by atoms with E-state index in [0.717, 1.165) is 23.3 Å². The fourth-order valence-electron chi connectivity index (χ4n) is 2.28. The molecule has 1 heterocycles. The zero-order valence-electron chi connectivity index (χ0n) is 12.0. The molecule has 114 valence electrons. The van der Waals surface area contributed by atoms with Gasteiger partial charge in [0.1, 0.15) is 18.2 Å². The standard InChI is InChI=1S/C17H17FN2O2/c18-14-5-1-12(2-6-14)13-3-7-16(8-4-13)21-10-9-15-11-22-17(19)20-15/h1-8,15H,9-11H2,(H2,19,20)/t15-/m0/s1. The minimum absolute atomic E-state index is 0.0819. The number of rotatable bonds is 5. The molecule has 0 aromatic heterocycles. The molecule has 0 saturated carbocycles. The summed E-state index contributed by atoms with van der Waals surface area (Å²) < 4.78 is 23.7. The molecule has 4 nitrogen and oxygen atoms in total. The Kier molecular flexibility index (Phi) is 4.23. The van der Waals surface area contributed by atoms with Crippen molar-refractivity contribution in [2.75, 3.05) is 13.2 Å². The van der Waals surface area contributed by atoms with E-state index < -0.39 is 0 Å². The van der Waals surface area contributed by atoms with Crippen LogP contribution >= 0.6 is 0 Å². The van der Waals surface area contributed by atoms with Crippen LogP contribution in [0.15, 0.2) is 53.5 Å². The van der Waals surface area contributed by atoms with Gasteiger partial charge in [-0.05, 0) is 35.4 Å². The summed E-state index contributed by atoms with van der Waals surface area (Å²) in [6, 6.07) is 14.5. The maximum Gasteiger partial charge on any atom is 0.282 e. The SMILES string of the molecule is NC1=N[C@@H](CCOc2ccc(-c3ccc(F)cc3)cc2)CO1. The van der Waals surface area contributed by atoms with Crippen molar-refractivity contribution in [3.63, 3.8) is 0 Å². The molecular formula is C17H17FN2O2. The Balaban J connectivity index is 1.54. The predicted molar refractivity (Wildman–Crippen MR) is 83.3 cm³/mol. The highest BCUT2D eigenvalue weighted by Gasteiger charge is 2.16. The second-order valence-corrected chi connectivity index (χ2v) is 5.10. The van der Waals surface area contributed by atoms with Gasteiger partial charge in [-0.2, -0.15) is 0 Å². The van der Waals surface area contributed by atoms with E-state index in [1.165, 1.54) is 12.1 Å². The average Bonchev–Trinajstić information content (AvgIpc) is 2.94. The number of hydrogen-bond donors (Lipinski definition) is 1. The van der Waals surface area contributed by atoms with E-state index in [1.807, 2.05) is 24.3 Å². The number of nitrogens with two attached hydrogens (primary N) is 1. The largest absolute Gasteiger partial charge is 0.494 e. The fourth-order valence-corrected chi connectivity index (χ4v) is 2.28. The molecule has 0 unspecified atom stereocenters. The monoisotopic (exact) mass is 300 g/mol. The highest BCUT2D eigenvalue weighted by Crippen LogP contribution is 2.22. The fraction of sp³-hybridized carbons (Fsp3) is 0.235. The second-order valence-electron chi connectivity index (χ2n) is 5.10. The molecule has 3 rings (SSSR count). The molecule has 2 N–H and O–H groups in total. The van der Waals surface area contributed by atoms with Crippen LogP contribution < -0.4 is 10.5 Å². The Hall–Kier alpha value is -2.56. The Bertz CT molecular complexity index is 653. The Morgan fingerprint density at radius 2 is 1.73 bits per heavy atom. The molecular weight excluding hydrogens is 283 g/mol. The normalized spacial score (nSPS) is 17.0. The van der Waals surface area contributed by atoms with Crippen molar-refractivity contribution in [2.24, 2.45) is 10.7 Å². The highest BCUT2D eigenvalue weighted by atomic mass is 19.1. The Morgan fingerprint density at radius 1 is 1.09 bits per heavy atom. The summed E-state index contributed by atoms with van der Waals surface area (Å²) >= 11 is 0. The molecule has 0 amide bonds. The number of amidine groups is 1. The Morgan fingerprint density at radius 3 is 2.32 bits per heavy atom. The number of benzene rings is 2. The summed E-state index contributed by atoms with van der Waals surface area (Å²) in [4.78, 5) is 4.14. The molecule has 0 spiro atoms. The summed E-state index contributed by atoms with van der Waals surface area (Å²) in [6.45, 7) is 1.08. The van der Waals surface area contributed by atoms with Gasteiger partial charge in [-0.3, -0.25) is 0 Å². The van der Waals surface area contributed by atoms with Gasteiger partial charge in [0, 0.05) is 6.42 Å². The summed E-state index contributed by atoms with van der Waals surface area (Å²) in [5, 5.41) is 0. The van der Waals surface area contributed by atoms with Crippen molar-refractivity contribution < 1.29 is 13.9 Å². The quantitative estimate of drug-likeness (QED) is 0.923. The minimum atomic E-state index is -0.233. The lowest BCUT2D eigenvalue weighted by Crippen LogP contribution is -2.12. The number of hydrogen-bond acceptors (Lipinski definition) is 4. The molecule has 0 saturated heterocycles. The van der Waals surface area contributed by atoms with Gasteiger partial charge in [0.15, 0.2) is 0 Å². The zero-order valence-corrected chi connectivity index (χ0v) is 12.0. The van der Waals surface area contributed by atoms with E-state index in [-0.39, 0.29) is 17.9 Å². The van der Waals surface area contributed by atoms with Gasteiger partial charge in [0.2, 0.25) is 0 Å². The summed E-state index contributed by atoms with van der Waals surface area (Å²) in [5.74, 6) is 0.560. The maximum atomic E-state index is 12.9. The Labute approximate surface area is 128 Å². The molecule has 22 heavy (non-hydrogen) atoms. The molecule has 1 aliphatic rings. The van der Waals surface area contributed by atoms with Crippen LogP contribution in [0.1, 0.15) is 6.42 Å². The third-order valence-corrected chi connectivity index (χ3v) is 3.49. The van der Waals surface area contributed by atoms with Crippen LogP contribution in [0.25, 0.3) is 11.1 Å². The van der Waals surface area contributed by atoms with Crippen LogP contribution in [0.2, 0.25) is 0 Å². The van der Waals surface area contributed by atoms with Crippen molar-refractivity contribution in [3.8, 4) is 16.9 Å². The van der Waals surface area contributed by atoms with Crippen LogP contribution in [0.5, 0.6) is 5.75 Å². The van der Waals surface area contributed by atoms with Crippen molar-refractivity contribution >= 4 is 6.02 Å². The van der Waals surface area contributed by atoms with Crippen LogP contribution in [0.4, 0.5) is 4.39 Å². The van der Waals surface area contributed by atoms with Crippen molar-refractivity contribution in [2.45, 2.75) is 12.5 Å². The minimum Gasteiger partial charge on any atom is -0.494 e. The first kappa shape index (κ1) is 14.4. The van der Waals surface area contributed by atoms with Gasteiger partial charge >= 0.3 is 0 Å². The summed E-state index contributed by atoms with van der Waals surface area (Å²) in [5.41, 5.74) is 7.45. The van der Waals surface area contributed by atoms with Crippen LogP contribution in [0.3, 0.4) is 0 Å². The average molecular weight is 300 g/mol. The van der Waals surface area contributed by atoms with E-state index in [9.17, 15) is 4.39 Å². The van der Waals surface area contributed by atoms with Crippen molar-refractivity contribution in [3.05, 3.63) is 54.3 Å². The van der Waals surface area contributed by atoms with Gasteiger partial charge in [0.25, 0.3) is 6.02 Å². The first-order valence-electron chi connectivity index (χ1n) is 7.15. The van der Waals surface area contributed by atoms with Gasteiger partial charge in [-0.25, -0.2) is 9.38 Å². The van der Waals surface area contributed by atoms with Crippen molar-refractivity contribution in [1.82, 2.24) is 0 Å². The lowest BCUT2D eigenvalue weighted by atomic mass is 10.1. The molecule has 0 fully saturated rings. The third-order valence-electron chi connectivity index (χ3n) is 3.49. The van der Waals surface area contributed by atoms with E-state index in [0.29, 0.717) is 13.2 Å². The molecule has 5 heteroatoms. The predicted octanol–water partition coefficient (Wildman–Crippen LogP) is 2.98. The van der Waals surface area contributed by atoms with Gasteiger partial charge in [0.05, 0.1) is 12.6 Å². The van der Waals surface area contributed by atoms with E-state index in [1.54, 1.807) is 12.1 Å². The molecule has 1 atom stereocenters. The topological polar surface area (TPSA) is 56.8 Å². The first-order chi connectivity index (χ1) is 10.7. The molecule has 2 aromatic carbocycles. The maximum absolute atomic E-state index is 12.9. The number of nitrogens with zero attached hydrogens (tertiary/aromatic N) is 1. The van der Waals surface area contributed by atoms with Crippen molar-refractivity contribution in [1.29, 1.82) is 0 Å². The van der Waals surface area contributed by atoms with Crippen LogP contribution in [-0.4, -0.2) is 25.3 Å². The third kappa shape index (κ3) is 3.55. The van der Waals surface area contributed by atoms with E-state index in [2.05, 4.69) is 4.99 Å². The van der Waals surface area contributed by atoms with E-state index >= 15 is 0 Å². The van der Waals surface area contributed by atoms with E-state index in [4.69, 9.17) is 15.2 Å². The number of halogens is 1. The second kappa shape index (κ2) is 6.47. The first-order valence-corrected chi connectivity index (χ1v) is 7.15. The molecule has 2 aromatic rings. The van der Waals surface area contributed by atoms with Crippen LogP contribution in [0, 0.1) is 5.82 Å². The summed E-state index contributed by atoms with van der Waals surface area (Å²) in [6.07, 6.45) is 0.764. The highest BCUT2D eigenvalue weighted by molar-refractivity contribution is 5.73. The van der Waals surface area contributed by atoms with Gasteiger partial charge < -0.3 is 15.2 Å². The molecule has 0 aliphatic carbocycles. The lowest BCUT2D eigenvalue weighted by Gasteiger charge is -2.09. The van der Waals surface area contributed by atoms with Gasteiger partial charge in [-0.1, -0.05) is 24.3 Å². The molecule has 1 aliphatic heterocycles. The lowest BCUT2D eigenvalue weighted by molar-refractivity contribution is 0.263. The summed E-state index contributed by atoms with van der Waals surface area (Å²) in [7, 11) is 0. The smallest absolute Gasteiger partial charge is 0.282 e. The molecule has 0 bridgehead atoms. The molecule has 0 radical (unpaired) electrons. The zero-order chi connectivity index (χ0) is 15.4. The van der Waals surface area contributed by atoms with Gasteiger partial charge in [-0.15, -0.1) is 0 Å².